The lowest BCUT2D eigenvalue weighted by molar-refractivity contribution is 0.185. The Morgan fingerprint density at radius 2 is 1.90 bits per heavy atom. The van der Waals surface area contributed by atoms with Crippen molar-refractivity contribution in [3.63, 3.8) is 0 Å². The molecular weight excluding hydrogens is 254 g/mol. The molecule has 0 aromatic carbocycles. The average Bonchev–Trinajstić information content (AvgIpc) is 3.08. The average molecular weight is 277 g/mol. The Labute approximate surface area is 119 Å². The quantitative estimate of drug-likeness (QED) is 0.919. The molecule has 110 valence electrons. The highest BCUT2D eigenvalue weighted by molar-refractivity contribution is 5.32. The number of aliphatic hydroxyl groups excluding tert-OH is 1. The van der Waals surface area contributed by atoms with Gasteiger partial charge in [0.25, 0.3) is 0 Å². The van der Waals surface area contributed by atoms with Crippen LogP contribution in [0, 0.1) is 5.92 Å². The van der Waals surface area contributed by atoms with Gasteiger partial charge in [0.15, 0.2) is 5.82 Å². The zero-order valence-corrected chi connectivity index (χ0v) is 11.9. The second-order valence-corrected chi connectivity index (χ2v) is 6.72. The van der Waals surface area contributed by atoms with Crippen LogP contribution in [-0.4, -0.2) is 33.9 Å². The molecule has 1 saturated heterocycles. The Hall–Kier alpha value is -1.10. The molecule has 1 aromatic rings. The predicted molar refractivity (Wildman–Crippen MR) is 74.6 cm³/mol. The second kappa shape index (κ2) is 5.02. The maximum Gasteiger partial charge on any atom is 0.324 e. The number of rotatable bonds is 3. The van der Waals surface area contributed by atoms with Crippen molar-refractivity contribution < 1.29 is 9.63 Å². The molecule has 2 unspecified atom stereocenters. The standard InChI is InChI=1S/C15H23N3O2/c19-12-8-13(10-4-2-1-3-5-10)18(9-12)15-16-14(17-20-15)11-6-7-11/h10-13,19H,1-9H2. The summed E-state index contributed by atoms with van der Waals surface area (Å²) < 4.78 is 5.47. The number of aromatic nitrogens is 2. The van der Waals surface area contributed by atoms with E-state index in [1.54, 1.807) is 0 Å². The van der Waals surface area contributed by atoms with Crippen LogP contribution in [-0.2, 0) is 0 Å². The summed E-state index contributed by atoms with van der Waals surface area (Å²) in [5.41, 5.74) is 0. The summed E-state index contributed by atoms with van der Waals surface area (Å²) >= 11 is 0. The van der Waals surface area contributed by atoms with Crippen molar-refractivity contribution in [2.75, 3.05) is 11.4 Å². The van der Waals surface area contributed by atoms with Crippen molar-refractivity contribution in [2.45, 2.75) is 69.4 Å². The van der Waals surface area contributed by atoms with E-state index in [9.17, 15) is 5.11 Å². The Morgan fingerprint density at radius 3 is 2.65 bits per heavy atom. The lowest BCUT2D eigenvalue weighted by Crippen LogP contribution is -2.37. The highest BCUT2D eigenvalue weighted by Gasteiger charge is 2.40. The van der Waals surface area contributed by atoms with Crippen LogP contribution in [0.5, 0.6) is 0 Å². The largest absolute Gasteiger partial charge is 0.391 e. The Balaban J connectivity index is 1.53. The molecule has 0 bridgehead atoms. The number of β-amino-alcohol motifs (C(OH)–C–C–N with tert-alkyl or cyclic N) is 1. The van der Waals surface area contributed by atoms with Crippen molar-refractivity contribution in [2.24, 2.45) is 5.92 Å². The number of hydrogen-bond acceptors (Lipinski definition) is 5. The zero-order valence-electron chi connectivity index (χ0n) is 11.9. The number of nitrogens with zero attached hydrogens (tertiary/aromatic N) is 3. The minimum atomic E-state index is -0.252. The van der Waals surface area contributed by atoms with E-state index in [1.165, 1.54) is 44.9 Å². The van der Waals surface area contributed by atoms with Crippen LogP contribution in [0.3, 0.4) is 0 Å². The molecule has 20 heavy (non-hydrogen) atoms. The van der Waals surface area contributed by atoms with Crippen molar-refractivity contribution in [1.29, 1.82) is 0 Å². The van der Waals surface area contributed by atoms with Gasteiger partial charge >= 0.3 is 6.01 Å². The van der Waals surface area contributed by atoms with Gasteiger partial charge in [0.1, 0.15) is 0 Å². The fourth-order valence-corrected chi connectivity index (χ4v) is 3.88. The topological polar surface area (TPSA) is 62.4 Å². The molecule has 5 heteroatoms. The van der Waals surface area contributed by atoms with Crippen LogP contribution in [0.15, 0.2) is 4.52 Å². The zero-order chi connectivity index (χ0) is 13.5. The van der Waals surface area contributed by atoms with Gasteiger partial charge in [-0.2, -0.15) is 4.98 Å². The summed E-state index contributed by atoms with van der Waals surface area (Å²) in [6.45, 7) is 0.646. The first-order chi connectivity index (χ1) is 9.81. The predicted octanol–water partition coefficient (Wildman–Crippen LogP) is 2.47. The third-order valence-electron chi connectivity index (χ3n) is 5.13. The number of hydrogen-bond donors (Lipinski definition) is 1. The summed E-state index contributed by atoms with van der Waals surface area (Å²) in [5, 5.41) is 14.2. The van der Waals surface area contributed by atoms with Gasteiger partial charge < -0.3 is 14.5 Å². The summed E-state index contributed by atoms with van der Waals surface area (Å²) in [6.07, 6.45) is 9.53. The normalized spacial score (nSPS) is 31.9. The molecule has 2 saturated carbocycles. The van der Waals surface area contributed by atoms with Gasteiger partial charge in [0.05, 0.1) is 6.10 Å². The van der Waals surface area contributed by atoms with E-state index < -0.39 is 0 Å². The highest BCUT2D eigenvalue weighted by atomic mass is 16.5. The maximum atomic E-state index is 10.1. The molecule has 0 amide bonds. The molecule has 1 N–H and O–H groups in total. The first kappa shape index (κ1) is 12.6. The molecule has 1 aromatic heterocycles. The SMILES string of the molecule is OC1CC(C2CCCCC2)N(c2nc(C3CC3)no2)C1. The van der Waals surface area contributed by atoms with Crippen molar-refractivity contribution in [3.8, 4) is 0 Å². The van der Waals surface area contributed by atoms with E-state index in [-0.39, 0.29) is 6.10 Å². The number of aliphatic hydroxyl groups is 1. The molecule has 2 aliphatic carbocycles. The Bertz CT molecular complexity index is 465. The first-order valence-corrected chi connectivity index (χ1v) is 8.09. The van der Waals surface area contributed by atoms with E-state index >= 15 is 0 Å². The maximum absolute atomic E-state index is 10.1. The van der Waals surface area contributed by atoms with Crippen LogP contribution in [0.25, 0.3) is 0 Å². The smallest absolute Gasteiger partial charge is 0.324 e. The summed E-state index contributed by atoms with van der Waals surface area (Å²) in [6, 6.07) is 1.02. The molecule has 3 fully saturated rings. The van der Waals surface area contributed by atoms with Crippen molar-refractivity contribution in [3.05, 3.63) is 5.82 Å². The fraction of sp³-hybridized carbons (Fsp3) is 0.867. The summed E-state index contributed by atoms with van der Waals surface area (Å²) in [4.78, 5) is 6.75. The molecule has 0 radical (unpaired) electrons. The molecule has 5 nitrogen and oxygen atoms in total. The minimum Gasteiger partial charge on any atom is -0.391 e. The molecule has 1 aliphatic heterocycles. The Morgan fingerprint density at radius 1 is 1.10 bits per heavy atom. The van der Waals surface area contributed by atoms with E-state index in [4.69, 9.17) is 4.52 Å². The Kier molecular flexibility index (Phi) is 3.17. The van der Waals surface area contributed by atoms with E-state index in [0.29, 0.717) is 30.4 Å². The number of anilines is 1. The molecule has 2 heterocycles. The van der Waals surface area contributed by atoms with E-state index in [2.05, 4.69) is 15.0 Å². The molecular formula is C15H23N3O2. The third-order valence-corrected chi connectivity index (χ3v) is 5.13. The van der Waals surface area contributed by atoms with E-state index in [0.717, 1.165) is 12.2 Å². The first-order valence-electron chi connectivity index (χ1n) is 8.09. The van der Waals surface area contributed by atoms with E-state index in [1.807, 2.05) is 0 Å². The van der Waals surface area contributed by atoms with Gasteiger partial charge in [-0.05, 0) is 38.0 Å². The van der Waals surface area contributed by atoms with Gasteiger partial charge in [0, 0.05) is 18.5 Å². The third kappa shape index (κ3) is 2.32. The summed E-state index contributed by atoms with van der Waals surface area (Å²) in [7, 11) is 0. The lowest BCUT2D eigenvalue weighted by Gasteiger charge is -2.32. The minimum absolute atomic E-state index is 0.252. The monoisotopic (exact) mass is 277 g/mol. The highest BCUT2D eigenvalue weighted by Crippen LogP contribution is 2.40. The van der Waals surface area contributed by atoms with Gasteiger partial charge in [-0.1, -0.05) is 24.4 Å². The van der Waals surface area contributed by atoms with Gasteiger partial charge in [0.2, 0.25) is 0 Å². The van der Waals surface area contributed by atoms with Gasteiger partial charge in [-0.3, -0.25) is 0 Å². The van der Waals surface area contributed by atoms with Crippen LogP contribution in [0.2, 0.25) is 0 Å². The van der Waals surface area contributed by atoms with Gasteiger partial charge in [-0.25, -0.2) is 0 Å². The van der Waals surface area contributed by atoms with Crippen LogP contribution >= 0.6 is 0 Å². The lowest BCUT2D eigenvalue weighted by atomic mass is 9.83. The molecule has 0 spiro atoms. The second-order valence-electron chi connectivity index (χ2n) is 6.72. The van der Waals surface area contributed by atoms with Gasteiger partial charge in [-0.15, -0.1) is 0 Å². The van der Waals surface area contributed by atoms with Crippen LogP contribution in [0.1, 0.15) is 63.1 Å². The van der Waals surface area contributed by atoms with Crippen molar-refractivity contribution >= 4 is 6.01 Å². The van der Waals surface area contributed by atoms with Crippen molar-refractivity contribution in [1.82, 2.24) is 10.1 Å². The molecule has 2 atom stereocenters. The van der Waals surface area contributed by atoms with Crippen LogP contribution in [0.4, 0.5) is 6.01 Å². The molecule has 4 rings (SSSR count). The fourth-order valence-electron chi connectivity index (χ4n) is 3.88. The molecule has 3 aliphatic rings. The summed E-state index contributed by atoms with van der Waals surface area (Å²) in [5.74, 6) is 2.06. The van der Waals surface area contributed by atoms with Crippen LogP contribution < -0.4 is 4.90 Å².